The smallest absolute Gasteiger partial charge is 0.343 e. The van der Waals surface area contributed by atoms with Crippen LogP contribution in [0.25, 0.3) is 0 Å². The van der Waals surface area contributed by atoms with Crippen molar-refractivity contribution in [1.82, 2.24) is 5.32 Å². The fourth-order valence-electron chi connectivity index (χ4n) is 2.43. The van der Waals surface area contributed by atoms with Crippen molar-refractivity contribution in [1.29, 1.82) is 0 Å². The number of amides is 1. The molecule has 0 aliphatic rings. The molecule has 1 atom stereocenters. The molecule has 1 unspecified atom stereocenters. The van der Waals surface area contributed by atoms with E-state index in [1.807, 2.05) is 0 Å². The van der Waals surface area contributed by atoms with Gasteiger partial charge in [-0.25, -0.2) is 9.18 Å². The molecular formula is C19H19ClFNO5. The standard InChI is InChI=1S/C19H19ClFNO5/c1-11(13-9-12(25-2)7-8-16(13)26-3)22-17(23)10-27-19(24)18-14(20)5-4-6-15(18)21/h4-9,11H,10H2,1-3H3,(H,22,23). The third-order valence-corrected chi connectivity index (χ3v) is 4.10. The van der Waals surface area contributed by atoms with E-state index >= 15 is 0 Å². The average molecular weight is 396 g/mol. The molecule has 2 aromatic carbocycles. The van der Waals surface area contributed by atoms with Crippen LogP contribution in [-0.4, -0.2) is 32.7 Å². The van der Waals surface area contributed by atoms with Crippen LogP contribution < -0.4 is 14.8 Å². The molecule has 0 aromatic heterocycles. The Morgan fingerprint density at radius 2 is 1.93 bits per heavy atom. The Hall–Kier alpha value is -2.80. The highest BCUT2D eigenvalue weighted by atomic mass is 35.5. The quantitative estimate of drug-likeness (QED) is 0.726. The van der Waals surface area contributed by atoms with Crippen molar-refractivity contribution in [2.45, 2.75) is 13.0 Å². The molecule has 2 aromatic rings. The van der Waals surface area contributed by atoms with E-state index in [2.05, 4.69) is 5.32 Å². The van der Waals surface area contributed by atoms with E-state index in [0.717, 1.165) is 6.07 Å². The van der Waals surface area contributed by atoms with Gasteiger partial charge in [0.25, 0.3) is 5.91 Å². The first-order valence-corrected chi connectivity index (χ1v) is 8.37. The number of benzene rings is 2. The van der Waals surface area contributed by atoms with Gasteiger partial charge < -0.3 is 19.5 Å². The normalized spacial score (nSPS) is 11.4. The summed E-state index contributed by atoms with van der Waals surface area (Å²) in [5.41, 5.74) is 0.281. The first kappa shape index (κ1) is 20.5. The third kappa shape index (κ3) is 5.10. The van der Waals surface area contributed by atoms with E-state index in [-0.39, 0.29) is 5.02 Å². The van der Waals surface area contributed by atoms with Crippen LogP contribution in [0.3, 0.4) is 0 Å². The van der Waals surface area contributed by atoms with E-state index in [4.69, 9.17) is 25.8 Å². The zero-order chi connectivity index (χ0) is 20.0. The van der Waals surface area contributed by atoms with E-state index in [9.17, 15) is 14.0 Å². The summed E-state index contributed by atoms with van der Waals surface area (Å²) in [7, 11) is 3.04. The summed E-state index contributed by atoms with van der Waals surface area (Å²) in [6, 6.07) is 8.55. The summed E-state index contributed by atoms with van der Waals surface area (Å²) >= 11 is 5.80. The summed E-state index contributed by atoms with van der Waals surface area (Å²) in [6.45, 7) is 1.16. The van der Waals surface area contributed by atoms with Crippen molar-refractivity contribution in [3.63, 3.8) is 0 Å². The minimum absolute atomic E-state index is 0.0881. The van der Waals surface area contributed by atoms with Gasteiger partial charge in [-0.1, -0.05) is 17.7 Å². The topological polar surface area (TPSA) is 73.9 Å². The van der Waals surface area contributed by atoms with Gasteiger partial charge in [-0.05, 0) is 37.3 Å². The van der Waals surface area contributed by atoms with E-state index in [0.29, 0.717) is 17.1 Å². The Kier molecular flexibility index (Phi) is 7.01. The largest absolute Gasteiger partial charge is 0.497 e. The van der Waals surface area contributed by atoms with Gasteiger partial charge in [0, 0.05) is 5.56 Å². The number of halogens is 2. The molecule has 144 valence electrons. The van der Waals surface area contributed by atoms with Crippen LogP contribution in [0.5, 0.6) is 11.5 Å². The second-order valence-electron chi connectivity index (χ2n) is 5.57. The molecule has 0 radical (unpaired) electrons. The van der Waals surface area contributed by atoms with E-state index in [1.54, 1.807) is 25.1 Å². The van der Waals surface area contributed by atoms with Crippen molar-refractivity contribution in [3.8, 4) is 11.5 Å². The van der Waals surface area contributed by atoms with Crippen LogP contribution in [0.4, 0.5) is 4.39 Å². The van der Waals surface area contributed by atoms with E-state index < -0.39 is 35.9 Å². The lowest BCUT2D eigenvalue weighted by Crippen LogP contribution is -2.31. The van der Waals surface area contributed by atoms with Gasteiger partial charge in [-0.15, -0.1) is 0 Å². The molecule has 0 fully saturated rings. The number of nitrogens with one attached hydrogen (secondary N) is 1. The molecule has 27 heavy (non-hydrogen) atoms. The van der Waals surface area contributed by atoms with Crippen LogP contribution in [0.1, 0.15) is 28.9 Å². The lowest BCUT2D eigenvalue weighted by atomic mass is 10.1. The molecule has 0 spiro atoms. The van der Waals surface area contributed by atoms with Crippen molar-refractivity contribution < 1.29 is 28.2 Å². The Balaban J connectivity index is 2.00. The number of methoxy groups -OCH3 is 2. The zero-order valence-corrected chi connectivity index (χ0v) is 15.8. The van der Waals surface area contributed by atoms with E-state index in [1.165, 1.54) is 26.4 Å². The Bertz CT molecular complexity index is 823. The number of hydrogen-bond donors (Lipinski definition) is 1. The van der Waals surface area contributed by atoms with Crippen molar-refractivity contribution >= 4 is 23.5 Å². The Morgan fingerprint density at radius 1 is 1.19 bits per heavy atom. The first-order chi connectivity index (χ1) is 12.9. The predicted octanol–water partition coefficient (Wildman–Crippen LogP) is 3.53. The molecule has 0 saturated carbocycles. The van der Waals surface area contributed by atoms with Gasteiger partial charge in [0.15, 0.2) is 6.61 Å². The van der Waals surface area contributed by atoms with Gasteiger partial charge >= 0.3 is 5.97 Å². The molecule has 0 bridgehead atoms. The number of hydrogen-bond acceptors (Lipinski definition) is 5. The summed E-state index contributed by atoms with van der Waals surface area (Å²) in [6.07, 6.45) is 0. The number of carbonyl (C=O) groups is 2. The highest BCUT2D eigenvalue weighted by Gasteiger charge is 2.20. The second-order valence-corrected chi connectivity index (χ2v) is 5.98. The fourth-order valence-corrected chi connectivity index (χ4v) is 2.67. The SMILES string of the molecule is COc1ccc(OC)c(C(C)NC(=O)COC(=O)c2c(F)cccc2Cl)c1. The first-order valence-electron chi connectivity index (χ1n) is 7.99. The molecular weight excluding hydrogens is 377 g/mol. The molecule has 8 heteroatoms. The minimum Gasteiger partial charge on any atom is -0.497 e. The summed E-state index contributed by atoms with van der Waals surface area (Å²) in [5, 5.41) is 2.59. The number of esters is 1. The minimum atomic E-state index is -1.01. The Labute approximate surface area is 161 Å². The van der Waals surface area contributed by atoms with Crippen LogP contribution in [0.15, 0.2) is 36.4 Å². The lowest BCUT2D eigenvalue weighted by Gasteiger charge is -2.18. The van der Waals surface area contributed by atoms with Crippen LogP contribution in [0, 0.1) is 5.82 Å². The molecule has 0 aliphatic carbocycles. The second kappa shape index (κ2) is 9.23. The number of ether oxygens (including phenoxy) is 3. The van der Waals surface area contributed by atoms with Gasteiger partial charge in [0.05, 0.1) is 25.3 Å². The lowest BCUT2D eigenvalue weighted by molar-refractivity contribution is -0.124. The van der Waals surface area contributed by atoms with Gasteiger partial charge in [-0.3, -0.25) is 4.79 Å². The fraction of sp³-hybridized carbons (Fsp3) is 0.263. The summed E-state index contributed by atoms with van der Waals surface area (Å²) in [5.74, 6) is -1.22. The molecule has 1 amide bonds. The maximum atomic E-state index is 13.7. The van der Waals surface area contributed by atoms with Gasteiger partial charge in [0.2, 0.25) is 0 Å². The summed E-state index contributed by atoms with van der Waals surface area (Å²) < 4.78 is 29.0. The van der Waals surface area contributed by atoms with Crippen LogP contribution in [-0.2, 0) is 9.53 Å². The molecule has 0 aliphatic heterocycles. The number of carbonyl (C=O) groups excluding carboxylic acids is 2. The molecule has 2 rings (SSSR count). The molecule has 0 heterocycles. The molecule has 1 N–H and O–H groups in total. The maximum absolute atomic E-state index is 13.7. The van der Waals surface area contributed by atoms with Gasteiger partial charge in [0.1, 0.15) is 22.9 Å². The highest BCUT2D eigenvalue weighted by molar-refractivity contribution is 6.33. The van der Waals surface area contributed by atoms with Crippen LogP contribution in [0.2, 0.25) is 5.02 Å². The molecule has 0 saturated heterocycles. The van der Waals surface area contributed by atoms with Crippen molar-refractivity contribution in [2.75, 3.05) is 20.8 Å². The monoisotopic (exact) mass is 395 g/mol. The summed E-state index contributed by atoms with van der Waals surface area (Å²) in [4.78, 5) is 24.1. The van der Waals surface area contributed by atoms with Crippen molar-refractivity contribution in [2.24, 2.45) is 0 Å². The zero-order valence-electron chi connectivity index (χ0n) is 15.0. The predicted molar refractivity (Wildman–Crippen MR) is 97.8 cm³/mol. The van der Waals surface area contributed by atoms with Crippen molar-refractivity contribution in [3.05, 3.63) is 58.4 Å². The third-order valence-electron chi connectivity index (χ3n) is 3.78. The number of rotatable bonds is 7. The average Bonchev–Trinajstić information content (AvgIpc) is 2.65. The van der Waals surface area contributed by atoms with Crippen LogP contribution >= 0.6 is 11.6 Å². The van der Waals surface area contributed by atoms with Gasteiger partial charge in [-0.2, -0.15) is 0 Å². The maximum Gasteiger partial charge on any atom is 0.343 e. The Morgan fingerprint density at radius 3 is 2.56 bits per heavy atom. The highest BCUT2D eigenvalue weighted by Crippen LogP contribution is 2.29. The molecule has 6 nitrogen and oxygen atoms in total.